The Balaban J connectivity index is 2.33. The highest BCUT2D eigenvalue weighted by molar-refractivity contribution is 6.00. The minimum Gasteiger partial charge on any atom is -0.462 e. The van der Waals surface area contributed by atoms with Gasteiger partial charge in [0.05, 0.1) is 28.9 Å². The molecule has 24 heavy (non-hydrogen) atoms. The third kappa shape index (κ3) is 2.50. The van der Waals surface area contributed by atoms with E-state index in [0.29, 0.717) is 33.2 Å². The van der Waals surface area contributed by atoms with Crippen molar-refractivity contribution in [1.29, 1.82) is 0 Å². The maximum atomic E-state index is 12.9. The van der Waals surface area contributed by atoms with Crippen LogP contribution >= 0.6 is 0 Å². The maximum Gasteiger partial charge on any atom is 0.416 e. The van der Waals surface area contributed by atoms with Gasteiger partial charge in [0.2, 0.25) is 0 Å². The summed E-state index contributed by atoms with van der Waals surface area (Å²) in [5.74, 6) is -0.490. The summed E-state index contributed by atoms with van der Waals surface area (Å²) >= 11 is 0. The average molecular weight is 336 g/mol. The van der Waals surface area contributed by atoms with Gasteiger partial charge in [0.15, 0.2) is 0 Å². The van der Waals surface area contributed by atoms with Gasteiger partial charge in [-0.3, -0.25) is 0 Å². The molecule has 0 fully saturated rings. The van der Waals surface area contributed by atoms with Crippen LogP contribution in [0.15, 0.2) is 24.3 Å². The molecular formula is C17H15F3N2O2. The van der Waals surface area contributed by atoms with Gasteiger partial charge in [-0.1, -0.05) is 0 Å². The van der Waals surface area contributed by atoms with E-state index in [-0.39, 0.29) is 6.61 Å². The average Bonchev–Trinajstić information content (AvgIpc) is 2.82. The van der Waals surface area contributed by atoms with E-state index < -0.39 is 17.7 Å². The minimum atomic E-state index is -4.41. The molecule has 0 N–H and O–H groups in total. The highest BCUT2D eigenvalue weighted by Gasteiger charge is 2.31. The lowest BCUT2D eigenvalue weighted by Gasteiger charge is -2.11. The van der Waals surface area contributed by atoms with Crippen LogP contribution in [-0.2, 0) is 10.9 Å². The van der Waals surface area contributed by atoms with E-state index in [1.807, 2.05) is 0 Å². The molecule has 0 aliphatic rings. The number of aromatic nitrogens is 2. The van der Waals surface area contributed by atoms with Crippen LogP contribution < -0.4 is 0 Å². The second kappa shape index (κ2) is 5.51. The Labute approximate surface area is 135 Å². The van der Waals surface area contributed by atoms with Gasteiger partial charge in [0.1, 0.15) is 5.56 Å². The molecule has 7 heteroatoms. The van der Waals surface area contributed by atoms with Gasteiger partial charge in [-0.25, -0.2) is 9.31 Å². The molecule has 0 amide bonds. The summed E-state index contributed by atoms with van der Waals surface area (Å²) in [6.45, 7) is 5.32. The number of ether oxygens (including phenoxy) is 1. The minimum absolute atomic E-state index is 0.233. The smallest absolute Gasteiger partial charge is 0.416 e. The number of hydrogen-bond acceptors (Lipinski definition) is 3. The molecule has 0 saturated heterocycles. The second-order valence-electron chi connectivity index (χ2n) is 5.53. The fourth-order valence-corrected chi connectivity index (χ4v) is 2.81. The number of nitrogens with zero attached hydrogens (tertiary/aromatic N) is 2. The molecule has 1 aromatic carbocycles. The number of carbonyl (C=O) groups excluding carboxylic acids is 1. The van der Waals surface area contributed by atoms with E-state index in [9.17, 15) is 18.0 Å². The number of aryl methyl sites for hydroxylation is 2. The maximum absolute atomic E-state index is 12.9. The Morgan fingerprint density at radius 1 is 1.21 bits per heavy atom. The first-order chi connectivity index (χ1) is 11.2. The highest BCUT2D eigenvalue weighted by atomic mass is 19.4. The molecule has 0 bridgehead atoms. The van der Waals surface area contributed by atoms with Crippen molar-refractivity contribution in [2.75, 3.05) is 6.61 Å². The number of rotatable bonds is 2. The lowest BCUT2D eigenvalue weighted by Crippen LogP contribution is -2.06. The van der Waals surface area contributed by atoms with Crippen LogP contribution in [0.1, 0.15) is 34.1 Å². The molecule has 126 valence electrons. The van der Waals surface area contributed by atoms with E-state index in [0.717, 1.165) is 12.1 Å². The van der Waals surface area contributed by atoms with Gasteiger partial charge < -0.3 is 4.74 Å². The summed E-state index contributed by atoms with van der Waals surface area (Å²) in [4.78, 5) is 12.1. The summed E-state index contributed by atoms with van der Waals surface area (Å²) in [5, 5.41) is 4.75. The Bertz CT molecular complexity index is 958. The molecule has 2 heterocycles. The fraction of sp³-hybridized carbons (Fsp3) is 0.294. The monoisotopic (exact) mass is 336 g/mol. The number of halogens is 3. The molecule has 0 spiro atoms. The summed E-state index contributed by atoms with van der Waals surface area (Å²) in [5.41, 5.74) is 1.76. The highest BCUT2D eigenvalue weighted by Crippen LogP contribution is 2.33. The SMILES string of the molecule is CCOC(=O)c1c(C)nn2c1cc(C)c1cc(C(F)(F)F)ccc12. The number of alkyl halides is 3. The molecule has 0 radical (unpaired) electrons. The predicted octanol–water partition coefficient (Wildman–Crippen LogP) is 4.30. The van der Waals surface area contributed by atoms with Crippen molar-refractivity contribution in [1.82, 2.24) is 9.61 Å². The number of fused-ring (bicyclic) bond motifs is 3. The molecule has 0 unspecified atom stereocenters. The predicted molar refractivity (Wildman–Crippen MR) is 83.1 cm³/mol. The molecule has 0 aliphatic heterocycles. The molecule has 3 rings (SSSR count). The lowest BCUT2D eigenvalue weighted by atomic mass is 10.0. The van der Waals surface area contributed by atoms with Gasteiger partial charge in [0, 0.05) is 5.39 Å². The van der Waals surface area contributed by atoms with Crippen LogP contribution in [0.3, 0.4) is 0 Å². The van der Waals surface area contributed by atoms with Crippen molar-refractivity contribution >= 4 is 22.4 Å². The molecule has 0 atom stereocenters. The standard InChI is InChI=1S/C17H15F3N2O2/c1-4-24-16(23)15-10(3)21-22-13-6-5-11(17(18,19)20)8-12(13)9(2)7-14(15)22/h5-8H,4H2,1-3H3. The molecule has 0 aliphatic carbocycles. The van der Waals surface area contributed by atoms with Gasteiger partial charge >= 0.3 is 12.1 Å². The van der Waals surface area contributed by atoms with Crippen molar-refractivity contribution in [3.63, 3.8) is 0 Å². The van der Waals surface area contributed by atoms with Crippen LogP contribution in [0, 0.1) is 13.8 Å². The summed E-state index contributed by atoms with van der Waals surface area (Å²) in [6.07, 6.45) is -4.41. The number of benzene rings is 1. The van der Waals surface area contributed by atoms with Crippen LogP contribution in [0.25, 0.3) is 16.4 Å². The molecule has 4 nitrogen and oxygen atoms in total. The zero-order valence-electron chi connectivity index (χ0n) is 13.4. The molecule has 0 saturated carbocycles. The van der Waals surface area contributed by atoms with Gasteiger partial charge in [-0.15, -0.1) is 0 Å². The second-order valence-corrected chi connectivity index (χ2v) is 5.53. The van der Waals surface area contributed by atoms with Gasteiger partial charge in [-0.2, -0.15) is 18.3 Å². The van der Waals surface area contributed by atoms with Crippen molar-refractivity contribution < 1.29 is 22.7 Å². The number of carbonyl (C=O) groups is 1. The first kappa shape index (κ1) is 16.3. The number of esters is 1. The normalized spacial score (nSPS) is 12.1. The summed E-state index contributed by atoms with van der Waals surface area (Å²) in [6, 6.07) is 5.15. The van der Waals surface area contributed by atoms with Crippen LogP contribution in [0.5, 0.6) is 0 Å². The van der Waals surface area contributed by atoms with E-state index in [1.165, 1.54) is 10.6 Å². The summed E-state index contributed by atoms with van der Waals surface area (Å²) in [7, 11) is 0. The van der Waals surface area contributed by atoms with Crippen LogP contribution in [0.4, 0.5) is 13.2 Å². The van der Waals surface area contributed by atoms with Crippen molar-refractivity contribution in [3.8, 4) is 0 Å². The van der Waals surface area contributed by atoms with Gasteiger partial charge in [-0.05, 0) is 50.6 Å². The largest absolute Gasteiger partial charge is 0.462 e. The zero-order chi connectivity index (χ0) is 17.6. The third-order valence-corrected chi connectivity index (χ3v) is 3.91. The lowest BCUT2D eigenvalue weighted by molar-refractivity contribution is -0.137. The van der Waals surface area contributed by atoms with Crippen molar-refractivity contribution in [2.45, 2.75) is 26.9 Å². The first-order valence-corrected chi connectivity index (χ1v) is 7.41. The Hall–Kier alpha value is -2.57. The Kier molecular flexibility index (Phi) is 3.74. The molecule has 3 aromatic rings. The number of hydrogen-bond donors (Lipinski definition) is 0. The zero-order valence-corrected chi connectivity index (χ0v) is 13.4. The van der Waals surface area contributed by atoms with Gasteiger partial charge in [0.25, 0.3) is 0 Å². The Morgan fingerprint density at radius 3 is 2.54 bits per heavy atom. The van der Waals surface area contributed by atoms with E-state index in [1.54, 1.807) is 26.8 Å². The molecular weight excluding hydrogens is 321 g/mol. The van der Waals surface area contributed by atoms with E-state index >= 15 is 0 Å². The van der Waals surface area contributed by atoms with E-state index in [4.69, 9.17) is 4.74 Å². The van der Waals surface area contributed by atoms with Crippen LogP contribution in [0.2, 0.25) is 0 Å². The quantitative estimate of drug-likeness (QED) is 0.655. The third-order valence-electron chi connectivity index (χ3n) is 3.91. The van der Waals surface area contributed by atoms with Crippen LogP contribution in [-0.4, -0.2) is 22.2 Å². The van der Waals surface area contributed by atoms with E-state index in [2.05, 4.69) is 5.10 Å². The Morgan fingerprint density at radius 2 is 1.92 bits per heavy atom. The number of pyridine rings is 1. The molecule has 2 aromatic heterocycles. The topological polar surface area (TPSA) is 43.6 Å². The summed E-state index contributed by atoms with van der Waals surface area (Å²) < 4.78 is 45.3. The van der Waals surface area contributed by atoms with Crippen molar-refractivity contribution in [2.24, 2.45) is 0 Å². The fourth-order valence-electron chi connectivity index (χ4n) is 2.81. The van der Waals surface area contributed by atoms with Crippen molar-refractivity contribution in [3.05, 3.63) is 46.6 Å². The first-order valence-electron chi connectivity index (χ1n) is 7.41.